The predicted octanol–water partition coefficient (Wildman–Crippen LogP) is 0.0629. The molecule has 0 bridgehead atoms. The number of ether oxygens (including phenoxy) is 1. The van der Waals surface area contributed by atoms with Crippen molar-refractivity contribution in [2.75, 3.05) is 38.2 Å². The van der Waals surface area contributed by atoms with Crippen LogP contribution in [0.5, 0.6) is 5.75 Å². The van der Waals surface area contributed by atoms with Gasteiger partial charge in [0.05, 0.1) is 13.4 Å². The Morgan fingerprint density at radius 1 is 1.44 bits per heavy atom. The molecule has 1 aromatic heterocycles. The molecule has 0 amide bonds. The van der Waals surface area contributed by atoms with Crippen LogP contribution in [-0.4, -0.2) is 54.2 Å². The van der Waals surface area contributed by atoms with Crippen molar-refractivity contribution < 1.29 is 4.74 Å². The highest BCUT2D eigenvalue weighted by atomic mass is 16.5. The lowest BCUT2D eigenvalue weighted by molar-refractivity contribution is 0.229. The molecular formula is C12H18N4O2. The highest BCUT2D eigenvalue weighted by Crippen LogP contribution is 2.27. The molecule has 98 valence electrons. The summed E-state index contributed by atoms with van der Waals surface area (Å²) >= 11 is 0. The first kappa shape index (κ1) is 11.5. The Morgan fingerprint density at radius 3 is 3.17 bits per heavy atom. The maximum atomic E-state index is 11.7. The van der Waals surface area contributed by atoms with Crippen LogP contribution in [0.4, 0.5) is 5.82 Å². The Balaban J connectivity index is 1.87. The van der Waals surface area contributed by atoms with Crippen molar-refractivity contribution >= 4 is 5.82 Å². The molecule has 2 aliphatic heterocycles. The van der Waals surface area contributed by atoms with Gasteiger partial charge in [0.15, 0.2) is 5.82 Å². The van der Waals surface area contributed by atoms with Crippen molar-refractivity contribution in [3.8, 4) is 5.75 Å². The van der Waals surface area contributed by atoms with E-state index in [-0.39, 0.29) is 5.56 Å². The van der Waals surface area contributed by atoms with E-state index in [4.69, 9.17) is 4.74 Å². The fraction of sp³-hybridized carbons (Fsp3) is 0.667. The summed E-state index contributed by atoms with van der Waals surface area (Å²) in [7, 11) is 1.52. The van der Waals surface area contributed by atoms with Gasteiger partial charge in [-0.2, -0.15) is 0 Å². The highest BCUT2D eigenvalue weighted by molar-refractivity contribution is 5.51. The fourth-order valence-corrected chi connectivity index (χ4v) is 2.97. The standard InChI is InChI=1S/C12H18N4O2/c1-18-10-11(13-8-14-12(10)17)16-6-5-15-4-2-3-9(15)7-16/h8-9H,2-7H2,1H3,(H,13,14,17). The average Bonchev–Trinajstić information content (AvgIpc) is 2.85. The molecule has 1 unspecified atom stereocenters. The summed E-state index contributed by atoms with van der Waals surface area (Å²) in [5.74, 6) is 0.997. The molecule has 0 saturated carbocycles. The lowest BCUT2D eigenvalue weighted by Gasteiger charge is -2.38. The van der Waals surface area contributed by atoms with Gasteiger partial charge in [-0.3, -0.25) is 9.69 Å². The predicted molar refractivity (Wildman–Crippen MR) is 68.2 cm³/mol. The summed E-state index contributed by atoms with van der Waals surface area (Å²) in [6, 6.07) is 0.601. The Hall–Kier alpha value is -1.56. The molecule has 0 aromatic carbocycles. The van der Waals surface area contributed by atoms with Gasteiger partial charge in [-0.15, -0.1) is 0 Å². The lowest BCUT2D eigenvalue weighted by atomic mass is 10.1. The molecule has 6 heteroatoms. The fourth-order valence-electron chi connectivity index (χ4n) is 2.97. The van der Waals surface area contributed by atoms with Crippen molar-refractivity contribution in [1.29, 1.82) is 0 Å². The number of aromatic amines is 1. The van der Waals surface area contributed by atoms with Crippen molar-refractivity contribution in [2.24, 2.45) is 0 Å². The van der Waals surface area contributed by atoms with Crippen LogP contribution in [0.3, 0.4) is 0 Å². The van der Waals surface area contributed by atoms with Gasteiger partial charge in [0, 0.05) is 25.7 Å². The molecule has 1 aromatic rings. The molecule has 3 rings (SSSR count). The minimum atomic E-state index is -0.212. The topological polar surface area (TPSA) is 61.5 Å². The van der Waals surface area contributed by atoms with E-state index < -0.39 is 0 Å². The third-order valence-electron chi connectivity index (χ3n) is 3.88. The van der Waals surface area contributed by atoms with Gasteiger partial charge < -0.3 is 14.6 Å². The van der Waals surface area contributed by atoms with Crippen LogP contribution in [0.1, 0.15) is 12.8 Å². The van der Waals surface area contributed by atoms with Crippen LogP contribution in [0, 0.1) is 0 Å². The summed E-state index contributed by atoms with van der Waals surface area (Å²) in [5.41, 5.74) is -0.212. The van der Waals surface area contributed by atoms with Gasteiger partial charge in [-0.05, 0) is 19.4 Å². The van der Waals surface area contributed by atoms with Gasteiger partial charge in [0.1, 0.15) is 0 Å². The SMILES string of the molecule is COc1c(N2CCN3CCCC3C2)nc[nH]c1=O. The average molecular weight is 250 g/mol. The lowest BCUT2D eigenvalue weighted by Crippen LogP contribution is -2.50. The second kappa shape index (κ2) is 4.61. The van der Waals surface area contributed by atoms with E-state index in [0.717, 1.165) is 19.6 Å². The second-order valence-electron chi connectivity index (χ2n) is 4.87. The summed E-state index contributed by atoms with van der Waals surface area (Å²) in [4.78, 5) is 23.2. The van der Waals surface area contributed by atoms with E-state index in [9.17, 15) is 4.79 Å². The Labute approximate surface area is 106 Å². The van der Waals surface area contributed by atoms with Gasteiger partial charge in [-0.1, -0.05) is 0 Å². The van der Waals surface area contributed by atoms with Gasteiger partial charge in [-0.25, -0.2) is 4.98 Å². The second-order valence-corrected chi connectivity index (χ2v) is 4.87. The van der Waals surface area contributed by atoms with Crippen LogP contribution < -0.4 is 15.2 Å². The van der Waals surface area contributed by atoms with E-state index in [1.54, 1.807) is 0 Å². The van der Waals surface area contributed by atoms with Crippen molar-refractivity contribution in [2.45, 2.75) is 18.9 Å². The molecule has 3 heterocycles. The molecule has 0 radical (unpaired) electrons. The third-order valence-corrected chi connectivity index (χ3v) is 3.88. The van der Waals surface area contributed by atoms with E-state index in [2.05, 4.69) is 19.8 Å². The Kier molecular flexibility index (Phi) is 2.95. The molecule has 2 fully saturated rings. The van der Waals surface area contributed by atoms with E-state index in [1.807, 2.05) is 0 Å². The number of H-pyrrole nitrogens is 1. The van der Waals surface area contributed by atoms with Gasteiger partial charge >= 0.3 is 0 Å². The first-order valence-electron chi connectivity index (χ1n) is 6.40. The molecular weight excluding hydrogens is 232 g/mol. The molecule has 0 aliphatic carbocycles. The van der Waals surface area contributed by atoms with Crippen LogP contribution in [0.15, 0.2) is 11.1 Å². The first-order valence-corrected chi connectivity index (χ1v) is 6.40. The number of nitrogens with one attached hydrogen (secondary N) is 1. The smallest absolute Gasteiger partial charge is 0.295 e. The highest BCUT2D eigenvalue weighted by Gasteiger charge is 2.32. The number of anilines is 1. The molecule has 6 nitrogen and oxygen atoms in total. The van der Waals surface area contributed by atoms with Crippen LogP contribution in [0.2, 0.25) is 0 Å². The summed E-state index contributed by atoms with van der Waals surface area (Å²) in [5, 5.41) is 0. The molecule has 2 saturated heterocycles. The Bertz CT molecular complexity index is 487. The van der Waals surface area contributed by atoms with Crippen LogP contribution in [-0.2, 0) is 0 Å². The molecule has 0 spiro atoms. The molecule has 1 N–H and O–H groups in total. The normalized spacial score (nSPS) is 24.1. The van der Waals surface area contributed by atoms with Crippen molar-refractivity contribution in [3.05, 3.63) is 16.7 Å². The maximum Gasteiger partial charge on any atom is 0.295 e. The number of aromatic nitrogens is 2. The summed E-state index contributed by atoms with van der Waals surface area (Å²) in [6.07, 6.45) is 3.96. The quantitative estimate of drug-likeness (QED) is 0.804. The summed E-state index contributed by atoms with van der Waals surface area (Å²) < 4.78 is 5.18. The number of methoxy groups -OCH3 is 1. The number of fused-ring (bicyclic) bond motifs is 1. The minimum absolute atomic E-state index is 0.212. The van der Waals surface area contributed by atoms with E-state index >= 15 is 0 Å². The first-order chi connectivity index (χ1) is 8.79. The summed E-state index contributed by atoms with van der Waals surface area (Å²) in [6.45, 7) is 4.09. The van der Waals surface area contributed by atoms with Crippen LogP contribution in [0.25, 0.3) is 0 Å². The number of hydrogen-bond acceptors (Lipinski definition) is 5. The van der Waals surface area contributed by atoms with Crippen molar-refractivity contribution in [1.82, 2.24) is 14.9 Å². The zero-order valence-electron chi connectivity index (χ0n) is 10.6. The zero-order chi connectivity index (χ0) is 12.5. The molecule has 18 heavy (non-hydrogen) atoms. The Morgan fingerprint density at radius 2 is 2.33 bits per heavy atom. The van der Waals surface area contributed by atoms with Crippen LogP contribution >= 0.6 is 0 Å². The van der Waals surface area contributed by atoms with Gasteiger partial charge in [0.2, 0.25) is 5.75 Å². The maximum absolute atomic E-state index is 11.7. The molecule has 1 atom stereocenters. The number of nitrogens with zero attached hydrogens (tertiary/aromatic N) is 3. The van der Waals surface area contributed by atoms with E-state index in [0.29, 0.717) is 17.6 Å². The van der Waals surface area contributed by atoms with Gasteiger partial charge in [0.25, 0.3) is 5.56 Å². The monoisotopic (exact) mass is 250 g/mol. The number of piperazine rings is 1. The van der Waals surface area contributed by atoms with E-state index in [1.165, 1.54) is 32.8 Å². The zero-order valence-corrected chi connectivity index (χ0v) is 10.6. The minimum Gasteiger partial charge on any atom is -0.489 e. The largest absolute Gasteiger partial charge is 0.489 e. The number of rotatable bonds is 2. The van der Waals surface area contributed by atoms with Crippen molar-refractivity contribution in [3.63, 3.8) is 0 Å². The molecule has 2 aliphatic rings. The number of hydrogen-bond donors (Lipinski definition) is 1. The third kappa shape index (κ3) is 1.86.